The Hall–Kier alpha value is -1.13. The van der Waals surface area contributed by atoms with Gasteiger partial charge in [-0.2, -0.15) is 0 Å². The van der Waals surface area contributed by atoms with Crippen LogP contribution in [0, 0.1) is 5.82 Å². The summed E-state index contributed by atoms with van der Waals surface area (Å²) in [6.07, 6.45) is 4.94. The molecule has 19 heavy (non-hydrogen) atoms. The lowest BCUT2D eigenvalue weighted by atomic mass is 9.76. The van der Waals surface area contributed by atoms with Crippen molar-refractivity contribution in [3.05, 3.63) is 29.6 Å². The van der Waals surface area contributed by atoms with Crippen LogP contribution in [-0.2, 0) is 4.74 Å². The van der Waals surface area contributed by atoms with Gasteiger partial charge in [0.2, 0.25) is 0 Å². The Labute approximate surface area is 112 Å². The molecule has 2 aliphatic rings. The van der Waals surface area contributed by atoms with Crippen LogP contribution in [0.15, 0.2) is 18.2 Å². The number of methoxy groups -OCH3 is 1. The van der Waals surface area contributed by atoms with Crippen LogP contribution in [0.5, 0.6) is 5.75 Å². The third kappa shape index (κ3) is 2.35. The number of ether oxygens (including phenoxy) is 2. The van der Waals surface area contributed by atoms with Crippen molar-refractivity contribution < 1.29 is 13.9 Å². The molecular weight excluding hydrogens is 245 g/mol. The molecule has 1 heterocycles. The number of hydrogen-bond acceptors (Lipinski definition) is 3. The first kappa shape index (κ1) is 12.9. The predicted octanol–water partition coefficient (Wildman–Crippen LogP) is 2.94. The number of nitrogens with two attached hydrogens (primary N) is 1. The van der Waals surface area contributed by atoms with Crippen LogP contribution in [-0.4, -0.2) is 18.8 Å². The van der Waals surface area contributed by atoms with Gasteiger partial charge in [-0.3, -0.25) is 0 Å². The van der Waals surface area contributed by atoms with Crippen molar-refractivity contribution in [1.82, 2.24) is 0 Å². The fourth-order valence-corrected chi connectivity index (χ4v) is 3.35. The largest absolute Gasteiger partial charge is 0.487 e. The highest BCUT2D eigenvalue weighted by Gasteiger charge is 2.42. The predicted molar refractivity (Wildman–Crippen MR) is 70.6 cm³/mol. The van der Waals surface area contributed by atoms with Gasteiger partial charge in [0.25, 0.3) is 0 Å². The minimum atomic E-state index is -0.270. The first-order chi connectivity index (χ1) is 9.12. The molecular formula is C15H20FNO2. The summed E-state index contributed by atoms with van der Waals surface area (Å²) in [6, 6.07) is 4.58. The third-order valence-electron chi connectivity index (χ3n) is 4.47. The number of fused-ring (bicyclic) bond motifs is 1. The standard InChI is InChI=1S/C15H20FNO2/c1-18-11-4-6-15(7-5-11)9-13(17)12-3-2-10(16)8-14(12)19-15/h2-3,8,11,13H,4-7,9,17H2,1H3/t11?,13-,15?/m0/s1. The molecule has 0 bridgehead atoms. The molecule has 0 aromatic heterocycles. The summed E-state index contributed by atoms with van der Waals surface area (Å²) in [5.74, 6) is 0.350. The maximum absolute atomic E-state index is 13.4. The van der Waals surface area contributed by atoms with Gasteiger partial charge < -0.3 is 15.2 Å². The van der Waals surface area contributed by atoms with E-state index in [9.17, 15) is 4.39 Å². The minimum Gasteiger partial charge on any atom is -0.487 e. The smallest absolute Gasteiger partial charge is 0.127 e. The van der Waals surface area contributed by atoms with E-state index in [4.69, 9.17) is 15.2 Å². The van der Waals surface area contributed by atoms with Gasteiger partial charge in [-0.1, -0.05) is 6.07 Å². The van der Waals surface area contributed by atoms with Crippen molar-refractivity contribution in [2.75, 3.05) is 7.11 Å². The van der Waals surface area contributed by atoms with Crippen LogP contribution in [0.2, 0.25) is 0 Å². The second kappa shape index (κ2) is 4.76. The molecule has 1 aliphatic carbocycles. The molecule has 0 amide bonds. The number of rotatable bonds is 1. The molecule has 4 heteroatoms. The van der Waals surface area contributed by atoms with E-state index in [0.717, 1.165) is 37.7 Å². The Morgan fingerprint density at radius 2 is 2.11 bits per heavy atom. The van der Waals surface area contributed by atoms with Crippen LogP contribution in [0.25, 0.3) is 0 Å². The van der Waals surface area contributed by atoms with Crippen molar-refractivity contribution in [2.24, 2.45) is 5.73 Å². The fourth-order valence-electron chi connectivity index (χ4n) is 3.35. The van der Waals surface area contributed by atoms with E-state index in [-0.39, 0.29) is 17.5 Å². The van der Waals surface area contributed by atoms with Crippen molar-refractivity contribution in [3.8, 4) is 5.75 Å². The van der Waals surface area contributed by atoms with E-state index in [0.29, 0.717) is 11.9 Å². The maximum atomic E-state index is 13.4. The Kier molecular flexibility index (Phi) is 3.23. The molecule has 1 saturated carbocycles. The summed E-state index contributed by atoms with van der Waals surface area (Å²) in [4.78, 5) is 0. The average molecular weight is 265 g/mol. The molecule has 104 valence electrons. The zero-order chi connectivity index (χ0) is 13.5. The van der Waals surface area contributed by atoms with Crippen molar-refractivity contribution >= 4 is 0 Å². The molecule has 1 atom stereocenters. The molecule has 0 radical (unpaired) electrons. The van der Waals surface area contributed by atoms with Gasteiger partial charge in [-0.15, -0.1) is 0 Å². The number of halogens is 1. The summed E-state index contributed by atoms with van der Waals surface area (Å²) in [7, 11) is 1.75. The fraction of sp³-hybridized carbons (Fsp3) is 0.600. The molecule has 1 fully saturated rings. The lowest BCUT2D eigenvalue weighted by Gasteiger charge is -2.45. The monoisotopic (exact) mass is 265 g/mol. The van der Waals surface area contributed by atoms with Crippen molar-refractivity contribution in [1.29, 1.82) is 0 Å². The summed E-state index contributed by atoms with van der Waals surface area (Å²) < 4.78 is 24.9. The molecule has 1 aromatic carbocycles. The Balaban J connectivity index is 1.84. The van der Waals surface area contributed by atoms with E-state index in [2.05, 4.69) is 0 Å². The van der Waals surface area contributed by atoms with Crippen LogP contribution < -0.4 is 10.5 Å². The summed E-state index contributed by atoms with van der Waals surface area (Å²) in [6.45, 7) is 0. The van der Waals surface area contributed by atoms with E-state index < -0.39 is 0 Å². The Morgan fingerprint density at radius 3 is 2.79 bits per heavy atom. The molecule has 1 spiro atoms. The molecule has 2 N–H and O–H groups in total. The highest BCUT2D eigenvalue weighted by molar-refractivity contribution is 5.39. The van der Waals surface area contributed by atoms with Crippen molar-refractivity contribution in [2.45, 2.75) is 49.9 Å². The van der Waals surface area contributed by atoms with Crippen LogP contribution in [0.3, 0.4) is 0 Å². The van der Waals surface area contributed by atoms with Gasteiger partial charge >= 0.3 is 0 Å². The molecule has 0 unspecified atom stereocenters. The quantitative estimate of drug-likeness (QED) is 0.849. The molecule has 1 aliphatic heterocycles. The molecule has 1 aromatic rings. The summed E-state index contributed by atoms with van der Waals surface area (Å²) in [5.41, 5.74) is 6.93. The van der Waals surface area contributed by atoms with E-state index in [1.165, 1.54) is 12.1 Å². The van der Waals surface area contributed by atoms with Gasteiger partial charge in [-0.05, 0) is 31.7 Å². The second-order valence-electron chi connectivity index (χ2n) is 5.71. The van der Waals surface area contributed by atoms with Crippen molar-refractivity contribution in [3.63, 3.8) is 0 Å². The highest BCUT2D eigenvalue weighted by Crippen LogP contribution is 2.45. The molecule has 0 saturated heterocycles. The number of hydrogen-bond donors (Lipinski definition) is 1. The maximum Gasteiger partial charge on any atom is 0.127 e. The zero-order valence-electron chi connectivity index (χ0n) is 11.2. The van der Waals surface area contributed by atoms with E-state index in [1.807, 2.05) is 0 Å². The van der Waals surface area contributed by atoms with Crippen LogP contribution in [0.1, 0.15) is 43.7 Å². The lowest BCUT2D eigenvalue weighted by Crippen LogP contribution is -2.46. The van der Waals surface area contributed by atoms with Gasteiger partial charge in [0.15, 0.2) is 0 Å². The second-order valence-corrected chi connectivity index (χ2v) is 5.71. The highest BCUT2D eigenvalue weighted by atomic mass is 19.1. The topological polar surface area (TPSA) is 44.5 Å². The van der Waals surface area contributed by atoms with Crippen LogP contribution >= 0.6 is 0 Å². The van der Waals surface area contributed by atoms with E-state index in [1.54, 1.807) is 13.2 Å². The van der Waals surface area contributed by atoms with E-state index >= 15 is 0 Å². The minimum absolute atomic E-state index is 0.0663. The SMILES string of the molecule is COC1CCC2(CC1)C[C@H](N)c1ccc(F)cc1O2. The first-order valence-corrected chi connectivity index (χ1v) is 6.89. The molecule has 3 nitrogen and oxygen atoms in total. The van der Waals surface area contributed by atoms with Gasteiger partial charge in [0.05, 0.1) is 6.10 Å². The third-order valence-corrected chi connectivity index (χ3v) is 4.47. The van der Waals surface area contributed by atoms with Crippen LogP contribution in [0.4, 0.5) is 4.39 Å². The lowest BCUT2D eigenvalue weighted by molar-refractivity contribution is -0.0429. The Bertz CT molecular complexity index is 469. The number of benzene rings is 1. The normalized spacial score (nSPS) is 33.8. The molecule has 3 rings (SSSR count). The van der Waals surface area contributed by atoms with Gasteiger partial charge in [0, 0.05) is 31.2 Å². The average Bonchev–Trinajstić information content (AvgIpc) is 2.39. The van der Waals surface area contributed by atoms with Gasteiger partial charge in [0.1, 0.15) is 17.2 Å². The first-order valence-electron chi connectivity index (χ1n) is 6.89. The van der Waals surface area contributed by atoms with Gasteiger partial charge in [-0.25, -0.2) is 4.39 Å². The summed E-state index contributed by atoms with van der Waals surface area (Å²) in [5, 5.41) is 0. The summed E-state index contributed by atoms with van der Waals surface area (Å²) >= 11 is 0. The zero-order valence-corrected chi connectivity index (χ0v) is 11.2. The Morgan fingerprint density at radius 1 is 1.37 bits per heavy atom.